The highest BCUT2D eigenvalue weighted by Gasteiger charge is 2.63. The van der Waals surface area contributed by atoms with Gasteiger partial charge in [0.15, 0.2) is 0 Å². The first kappa shape index (κ1) is 8.24. The zero-order chi connectivity index (χ0) is 9.15. The highest BCUT2D eigenvalue weighted by molar-refractivity contribution is 5.93. The number of aliphatic hydroxyl groups is 1. The Labute approximate surface area is 73.0 Å². The first-order valence-electron chi connectivity index (χ1n) is 4.62. The van der Waals surface area contributed by atoms with Gasteiger partial charge in [-0.05, 0) is 18.8 Å². The number of carbonyl (C=O) groups is 1. The molecule has 2 heteroatoms. The molecule has 2 aliphatic rings. The smallest absolute Gasteiger partial charge is 0.147 e. The molecule has 0 spiro atoms. The van der Waals surface area contributed by atoms with Crippen molar-refractivity contribution >= 4 is 5.78 Å². The summed E-state index contributed by atoms with van der Waals surface area (Å²) >= 11 is 0. The van der Waals surface area contributed by atoms with Gasteiger partial charge in [0.2, 0.25) is 0 Å². The number of hydrogen-bond acceptors (Lipinski definition) is 2. The van der Waals surface area contributed by atoms with Crippen molar-refractivity contribution in [3.8, 4) is 0 Å². The van der Waals surface area contributed by atoms with E-state index in [0.717, 1.165) is 12.8 Å². The molecule has 12 heavy (non-hydrogen) atoms. The molecule has 0 aromatic heterocycles. The minimum absolute atomic E-state index is 0.187. The Morgan fingerprint density at radius 1 is 1.42 bits per heavy atom. The van der Waals surface area contributed by atoms with Gasteiger partial charge in [-0.2, -0.15) is 0 Å². The monoisotopic (exact) mass is 168 g/mol. The Morgan fingerprint density at radius 2 is 2.00 bits per heavy atom. The predicted octanol–water partition coefficient (Wildman–Crippen LogP) is 1.37. The quantitative estimate of drug-likeness (QED) is 0.593. The van der Waals surface area contributed by atoms with Crippen molar-refractivity contribution in [2.45, 2.75) is 39.7 Å². The third kappa shape index (κ3) is 0.674. The normalized spacial score (nSPS) is 50.2. The van der Waals surface area contributed by atoms with Crippen LogP contribution >= 0.6 is 0 Å². The second kappa shape index (κ2) is 1.92. The van der Waals surface area contributed by atoms with Crippen molar-refractivity contribution in [1.82, 2.24) is 0 Å². The molecule has 0 aliphatic heterocycles. The highest BCUT2D eigenvalue weighted by atomic mass is 16.3. The van der Waals surface area contributed by atoms with Crippen LogP contribution in [0, 0.1) is 16.7 Å². The number of fused-ring (bicyclic) bond motifs is 2. The number of hydrogen-bond donors (Lipinski definition) is 1. The van der Waals surface area contributed by atoms with Crippen LogP contribution in [0.5, 0.6) is 0 Å². The summed E-state index contributed by atoms with van der Waals surface area (Å²) in [6.45, 7) is 5.93. The Hall–Kier alpha value is -0.370. The molecular weight excluding hydrogens is 152 g/mol. The molecule has 3 atom stereocenters. The summed E-state index contributed by atoms with van der Waals surface area (Å²) in [7, 11) is 0. The van der Waals surface area contributed by atoms with Gasteiger partial charge in [-0.1, -0.05) is 20.8 Å². The second-order valence-corrected chi connectivity index (χ2v) is 5.12. The molecule has 2 fully saturated rings. The number of aliphatic hydroxyl groups excluding tert-OH is 1. The van der Waals surface area contributed by atoms with Crippen LogP contribution in [-0.4, -0.2) is 17.0 Å². The van der Waals surface area contributed by atoms with E-state index in [4.69, 9.17) is 0 Å². The van der Waals surface area contributed by atoms with Crippen LogP contribution in [0.1, 0.15) is 33.6 Å². The first-order valence-corrected chi connectivity index (χ1v) is 4.62. The van der Waals surface area contributed by atoms with Gasteiger partial charge in [-0.15, -0.1) is 0 Å². The van der Waals surface area contributed by atoms with E-state index < -0.39 is 5.41 Å². The summed E-state index contributed by atoms with van der Waals surface area (Å²) in [5, 5.41) is 9.66. The number of Topliss-reactive ketones (excluding diaryl/α,β-unsaturated/α-hetero) is 1. The molecule has 0 aromatic carbocycles. The Bertz CT molecular complexity index is 244. The zero-order valence-electron chi connectivity index (χ0n) is 7.92. The fraction of sp³-hybridized carbons (Fsp3) is 0.900. The fourth-order valence-corrected chi connectivity index (χ4v) is 2.98. The van der Waals surface area contributed by atoms with E-state index in [9.17, 15) is 9.90 Å². The summed E-state index contributed by atoms with van der Waals surface area (Å²) in [6.07, 6.45) is 1.32. The lowest BCUT2D eigenvalue weighted by molar-refractivity contribution is -0.141. The van der Waals surface area contributed by atoms with Crippen molar-refractivity contribution in [2.24, 2.45) is 16.7 Å². The molecule has 0 saturated heterocycles. The zero-order valence-corrected chi connectivity index (χ0v) is 7.92. The summed E-state index contributed by atoms with van der Waals surface area (Å²) in [5.41, 5.74) is -0.609. The standard InChI is InChI=1S/C10H16O2/c1-9(2)6-4-7(11)10(3,5-6)8(9)12/h6-7,11H,4-5H2,1-3H3/t6-,7+,10+/m1/s1. The van der Waals surface area contributed by atoms with Crippen LogP contribution in [0.3, 0.4) is 0 Å². The molecule has 0 heterocycles. The minimum atomic E-state index is -0.422. The molecule has 1 N–H and O–H groups in total. The maximum atomic E-state index is 11.9. The molecular formula is C10H16O2. The van der Waals surface area contributed by atoms with Crippen LogP contribution in [0.15, 0.2) is 0 Å². The molecule has 2 nitrogen and oxygen atoms in total. The molecule has 0 radical (unpaired) electrons. The molecule has 2 rings (SSSR count). The van der Waals surface area contributed by atoms with Crippen molar-refractivity contribution in [2.75, 3.05) is 0 Å². The van der Waals surface area contributed by atoms with Gasteiger partial charge in [0.1, 0.15) is 5.78 Å². The van der Waals surface area contributed by atoms with Crippen molar-refractivity contribution in [3.63, 3.8) is 0 Å². The number of carbonyl (C=O) groups excluding carboxylic acids is 1. The summed E-state index contributed by atoms with van der Waals surface area (Å²) in [4.78, 5) is 11.9. The van der Waals surface area contributed by atoms with E-state index in [1.807, 2.05) is 20.8 Å². The van der Waals surface area contributed by atoms with Crippen molar-refractivity contribution in [1.29, 1.82) is 0 Å². The SMILES string of the molecule is CC1(C)C(=O)[C@@]2(C)C[C@H]1C[C@@H]2O. The third-order valence-corrected chi connectivity index (χ3v) is 4.04. The molecule has 2 bridgehead atoms. The largest absolute Gasteiger partial charge is 0.392 e. The lowest BCUT2D eigenvalue weighted by Crippen LogP contribution is -2.43. The van der Waals surface area contributed by atoms with Gasteiger partial charge in [-0.3, -0.25) is 4.79 Å². The van der Waals surface area contributed by atoms with E-state index in [1.165, 1.54) is 0 Å². The second-order valence-electron chi connectivity index (χ2n) is 5.12. The first-order chi connectivity index (χ1) is 5.39. The molecule has 0 amide bonds. The average molecular weight is 168 g/mol. The van der Waals surface area contributed by atoms with Gasteiger partial charge in [0.25, 0.3) is 0 Å². The van der Waals surface area contributed by atoms with E-state index in [1.54, 1.807) is 0 Å². The predicted molar refractivity (Wildman–Crippen MR) is 45.6 cm³/mol. The fourth-order valence-electron chi connectivity index (χ4n) is 2.98. The van der Waals surface area contributed by atoms with Crippen molar-refractivity contribution in [3.05, 3.63) is 0 Å². The Balaban J connectivity index is 2.43. The van der Waals surface area contributed by atoms with Gasteiger partial charge in [-0.25, -0.2) is 0 Å². The number of rotatable bonds is 0. The highest BCUT2D eigenvalue weighted by Crippen LogP contribution is 2.59. The van der Waals surface area contributed by atoms with E-state index >= 15 is 0 Å². The topological polar surface area (TPSA) is 37.3 Å². The van der Waals surface area contributed by atoms with E-state index in [0.29, 0.717) is 5.92 Å². The summed E-state index contributed by atoms with van der Waals surface area (Å²) in [5.74, 6) is 0.670. The maximum Gasteiger partial charge on any atom is 0.147 e. The van der Waals surface area contributed by atoms with Gasteiger partial charge >= 0.3 is 0 Å². The van der Waals surface area contributed by atoms with E-state index in [2.05, 4.69) is 0 Å². The summed E-state index contributed by atoms with van der Waals surface area (Å²) in [6, 6.07) is 0. The van der Waals surface area contributed by atoms with E-state index in [-0.39, 0.29) is 17.3 Å². The van der Waals surface area contributed by atoms with Gasteiger partial charge in [0, 0.05) is 5.41 Å². The van der Waals surface area contributed by atoms with Crippen LogP contribution in [0.25, 0.3) is 0 Å². The molecule has 68 valence electrons. The Morgan fingerprint density at radius 3 is 2.33 bits per heavy atom. The average Bonchev–Trinajstić information content (AvgIpc) is 2.34. The van der Waals surface area contributed by atoms with Crippen LogP contribution in [0.4, 0.5) is 0 Å². The van der Waals surface area contributed by atoms with Crippen LogP contribution < -0.4 is 0 Å². The van der Waals surface area contributed by atoms with Crippen LogP contribution in [0.2, 0.25) is 0 Å². The maximum absolute atomic E-state index is 11.9. The summed E-state index contributed by atoms with van der Waals surface area (Å²) < 4.78 is 0. The lowest BCUT2D eigenvalue weighted by Gasteiger charge is -2.34. The van der Waals surface area contributed by atoms with Crippen LogP contribution in [-0.2, 0) is 4.79 Å². The third-order valence-electron chi connectivity index (χ3n) is 4.04. The van der Waals surface area contributed by atoms with Gasteiger partial charge in [0.05, 0.1) is 11.5 Å². The Kier molecular flexibility index (Phi) is 1.32. The molecule has 0 unspecified atom stereocenters. The number of ketones is 1. The molecule has 0 aromatic rings. The van der Waals surface area contributed by atoms with Gasteiger partial charge < -0.3 is 5.11 Å². The van der Waals surface area contributed by atoms with Crippen molar-refractivity contribution < 1.29 is 9.90 Å². The molecule has 2 saturated carbocycles. The molecule has 2 aliphatic carbocycles. The minimum Gasteiger partial charge on any atom is -0.392 e. The lowest BCUT2D eigenvalue weighted by atomic mass is 9.70.